The Morgan fingerprint density at radius 2 is 2.07 bits per heavy atom. The van der Waals surface area contributed by atoms with Gasteiger partial charge in [-0.05, 0) is 47.7 Å². The molecule has 0 spiro atoms. The molecule has 4 N–H and O–H groups in total. The van der Waals surface area contributed by atoms with E-state index in [2.05, 4.69) is 10.3 Å². The number of benzene rings is 2. The van der Waals surface area contributed by atoms with Crippen LogP contribution in [0.15, 0.2) is 48.7 Å². The molecule has 150 valence electrons. The summed E-state index contributed by atoms with van der Waals surface area (Å²) < 4.78 is 5.51. The third kappa shape index (κ3) is 4.09. The SMILES string of the molecule is O=C(COc1ccc2c(c1)[C@@H](O)CC2)N[C@@H](Cc1c[nH]c2ccccc12)C(=O)O. The van der Waals surface area contributed by atoms with Gasteiger partial charge in [-0.1, -0.05) is 24.3 Å². The number of aliphatic hydroxyl groups excluding tert-OH is 1. The third-order valence-corrected chi connectivity index (χ3v) is 5.27. The highest BCUT2D eigenvalue weighted by Crippen LogP contribution is 2.33. The zero-order valence-corrected chi connectivity index (χ0v) is 15.7. The molecular formula is C22H22N2O5. The predicted octanol–water partition coefficient (Wildman–Crippen LogP) is 2.34. The lowest BCUT2D eigenvalue weighted by molar-refractivity contribution is -0.142. The van der Waals surface area contributed by atoms with E-state index < -0.39 is 24.0 Å². The quantitative estimate of drug-likeness (QED) is 0.491. The maximum atomic E-state index is 12.3. The van der Waals surface area contributed by atoms with Crippen molar-refractivity contribution >= 4 is 22.8 Å². The molecule has 0 saturated heterocycles. The van der Waals surface area contributed by atoms with Crippen molar-refractivity contribution in [3.8, 4) is 5.75 Å². The van der Waals surface area contributed by atoms with Crippen molar-refractivity contribution in [1.29, 1.82) is 0 Å². The van der Waals surface area contributed by atoms with Crippen LogP contribution in [0.4, 0.5) is 0 Å². The molecule has 4 rings (SSSR count). The average Bonchev–Trinajstić information content (AvgIpc) is 3.29. The monoisotopic (exact) mass is 394 g/mol. The van der Waals surface area contributed by atoms with Crippen molar-refractivity contribution in [2.24, 2.45) is 0 Å². The van der Waals surface area contributed by atoms with E-state index in [1.165, 1.54) is 0 Å². The number of nitrogens with one attached hydrogen (secondary N) is 2. The van der Waals surface area contributed by atoms with Gasteiger partial charge in [-0.2, -0.15) is 0 Å². The summed E-state index contributed by atoms with van der Waals surface area (Å²) in [4.78, 5) is 27.0. The molecule has 2 aromatic carbocycles. The number of aliphatic carboxylic acids is 1. The molecule has 0 fully saturated rings. The van der Waals surface area contributed by atoms with Crippen LogP contribution in [0, 0.1) is 0 Å². The average molecular weight is 394 g/mol. The summed E-state index contributed by atoms with van der Waals surface area (Å²) in [6, 6.07) is 11.9. The van der Waals surface area contributed by atoms with Gasteiger partial charge < -0.3 is 25.3 Å². The van der Waals surface area contributed by atoms with E-state index in [4.69, 9.17) is 4.74 Å². The first-order valence-corrected chi connectivity index (χ1v) is 9.52. The number of H-pyrrole nitrogens is 1. The molecule has 1 aliphatic carbocycles. The van der Waals surface area contributed by atoms with Gasteiger partial charge in [-0.3, -0.25) is 4.79 Å². The number of carbonyl (C=O) groups excluding carboxylic acids is 1. The number of para-hydroxylation sites is 1. The Bertz CT molecular complexity index is 1060. The van der Waals surface area contributed by atoms with E-state index in [-0.39, 0.29) is 13.0 Å². The lowest BCUT2D eigenvalue weighted by Gasteiger charge is -2.15. The van der Waals surface area contributed by atoms with Gasteiger partial charge in [0.1, 0.15) is 11.8 Å². The van der Waals surface area contributed by atoms with Crippen LogP contribution in [0.25, 0.3) is 10.9 Å². The number of hydrogen-bond donors (Lipinski definition) is 4. The fraction of sp³-hybridized carbons (Fsp3) is 0.273. The van der Waals surface area contributed by atoms with Crippen LogP contribution < -0.4 is 10.1 Å². The van der Waals surface area contributed by atoms with Crippen LogP contribution in [0.5, 0.6) is 5.75 Å². The van der Waals surface area contributed by atoms with Crippen molar-refractivity contribution in [2.45, 2.75) is 31.4 Å². The second-order valence-corrected chi connectivity index (χ2v) is 7.23. The van der Waals surface area contributed by atoms with Gasteiger partial charge in [-0.15, -0.1) is 0 Å². The molecule has 0 saturated carbocycles. The van der Waals surface area contributed by atoms with Crippen LogP contribution in [-0.4, -0.2) is 39.7 Å². The second kappa shape index (κ2) is 7.97. The number of fused-ring (bicyclic) bond motifs is 2. The standard InChI is InChI=1S/C22H22N2O5/c25-20-8-6-13-5-7-15(10-17(13)20)29-12-21(26)24-19(22(27)28)9-14-11-23-18-4-2-1-3-16(14)18/h1-5,7,10-11,19-20,23,25H,6,8-9,12H2,(H,24,26)(H,27,28)/t19-,20-/m0/s1. The number of amides is 1. The van der Waals surface area contributed by atoms with E-state index in [0.29, 0.717) is 12.2 Å². The fourth-order valence-corrected chi connectivity index (χ4v) is 3.75. The number of carboxylic acid groups (broad SMARTS) is 1. The normalized spacial score (nSPS) is 16.4. The van der Waals surface area contributed by atoms with Gasteiger partial charge in [0.2, 0.25) is 0 Å². The molecule has 0 bridgehead atoms. The zero-order chi connectivity index (χ0) is 20.4. The summed E-state index contributed by atoms with van der Waals surface area (Å²) in [6.45, 7) is -0.299. The minimum atomic E-state index is -1.11. The molecule has 1 aromatic heterocycles. The van der Waals surface area contributed by atoms with Crippen molar-refractivity contribution in [2.75, 3.05) is 6.61 Å². The van der Waals surface area contributed by atoms with Gasteiger partial charge in [0, 0.05) is 23.5 Å². The number of hydrogen-bond acceptors (Lipinski definition) is 4. The fourth-order valence-electron chi connectivity index (χ4n) is 3.75. The second-order valence-electron chi connectivity index (χ2n) is 7.23. The number of aryl methyl sites for hydroxylation is 1. The topological polar surface area (TPSA) is 112 Å². The van der Waals surface area contributed by atoms with E-state index in [1.807, 2.05) is 30.3 Å². The van der Waals surface area contributed by atoms with Gasteiger partial charge in [0.15, 0.2) is 6.61 Å². The number of rotatable bonds is 7. The van der Waals surface area contributed by atoms with Crippen LogP contribution in [0.3, 0.4) is 0 Å². The number of aliphatic hydroxyl groups is 1. The molecule has 29 heavy (non-hydrogen) atoms. The van der Waals surface area contributed by atoms with Crippen LogP contribution in [-0.2, 0) is 22.4 Å². The van der Waals surface area contributed by atoms with Gasteiger partial charge in [0.05, 0.1) is 6.10 Å². The van der Waals surface area contributed by atoms with E-state index >= 15 is 0 Å². The summed E-state index contributed by atoms with van der Waals surface area (Å²) in [7, 11) is 0. The zero-order valence-electron chi connectivity index (χ0n) is 15.7. The Morgan fingerprint density at radius 1 is 1.24 bits per heavy atom. The first-order valence-electron chi connectivity index (χ1n) is 9.52. The predicted molar refractivity (Wildman–Crippen MR) is 107 cm³/mol. The lowest BCUT2D eigenvalue weighted by Crippen LogP contribution is -2.44. The summed E-state index contributed by atoms with van der Waals surface area (Å²) in [6.07, 6.45) is 2.93. The molecule has 0 unspecified atom stereocenters. The largest absolute Gasteiger partial charge is 0.484 e. The van der Waals surface area contributed by atoms with Crippen molar-refractivity contribution in [1.82, 2.24) is 10.3 Å². The van der Waals surface area contributed by atoms with Crippen molar-refractivity contribution in [3.63, 3.8) is 0 Å². The number of carboxylic acids is 1. The number of ether oxygens (including phenoxy) is 1. The summed E-state index contributed by atoms with van der Waals surface area (Å²) >= 11 is 0. The van der Waals surface area contributed by atoms with Gasteiger partial charge in [-0.25, -0.2) is 4.79 Å². The van der Waals surface area contributed by atoms with Crippen LogP contribution in [0.2, 0.25) is 0 Å². The molecule has 0 aliphatic heterocycles. The highest BCUT2D eigenvalue weighted by atomic mass is 16.5. The Balaban J connectivity index is 1.38. The van der Waals surface area contributed by atoms with E-state index in [9.17, 15) is 19.8 Å². The molecular weight excluding hydrogens is 372 g/mol. The number of aromatic nitrogens is 1. The van der Waals surface area contributed by atoms with E-state index in [1.54, 1.807) is 18.3 Å². The molecule has 3 aromatic rings. The summed E-state index contributed by atoms with van der Waals surface area (Å²) in [5.74, 6) is -1.15. The highest BCUT2D eigenvalue weighted by molar-refractivity contribution is 5.87. The van der Waals surface area contributed by atoms with Gasteiger partial charge >= 0.3 is 5.97 Å². The Labute approximate surface area is 167 Å². The molecule has 7 nitrogen and oxygen atoms in total. The molecule has 7 heteroatoms. The Hall–Kier alpha value is -3.32. The number of aromatic amines is 1. The maximum Gasteiger partial charge on any atom is 0.326 e. The van der Waals surface area contributed by atoms with Gasteiger partial charge in [0.25, 0.3) is 5.91 Å². The minimum absolute atomic E-state index is 0.163. The highest BCUT2D eigenvalue weighted by Gasteiger charge is 2.23. The maximum absolute atomic E-state index is 12.3. The molecule has 1 amide bonds. The lowest BCUT2D eigenvalue weighted by atomic mass is 10.1. The number of carbonyl (C=O) groups is 2. The van der Waals surface area contributed by atoms with E-state index in [0.717, 1.165) is 34.0 Å². The van der Waals surface area contributed by atoms with Crippen LogP contribution >= 0.6 is 0 Å². The Morgan fingerprint density at radius 3 is 2.90 bits per heavy atom. The van der Waals surface area contributed by atoms with Crippen molar-refractivity contribution < 1.29 is 24.5 Å². The van der Waals surface area contributed by atoms with Crippen LogP contribution in [0.1, 0.15) is 29.2 Å². The first-order chi connectivity index (χ1) is 14.0. The molecule has 1 aliphatic rings. The molecule has 2 atom stereocenters. The Kier molecular flexibility index (Phi) is 5.22. The summed E-state index contributed by atoms with van der Waals surface area (Å²) in [5.41, 5.74) is 3.64. The first kappa shape index (κ1) is 19.0. The summed E-state index contributed by atoms with van der Waals surface area (Å²) in [5, 5.41) is 22.9. The minimum Gasteiger partial charge on any atom is -0.484 e. The molecule has 0 radical (unpaired) electrons. The smallest absolute Gasteiger partial charge is 0.326 e. The third-order valence-electron chi connectivity index (χ3n) is 5.27. The van der Waals surface area contributed by atoms with Crippen molar-refractivity contribution in [3.05, 3.63) is 65.4 Å². The molecule has 1 heterocycles.